The Hall–Kier alpha value is -4.07. The molecule has 45 unspecified atom stereocenters. The van der Waals surface area contributed by atoms with E-state index in [2.05, 4.69) is 38.5 Å². The number of fused-ring (bicyclic) bond motifs is 8. The predicted molar refractivity (Wildman–Crippen MR) is 420 cm³/mol. The molecule has 16 aliphatic carbocycles. The molecule has 0 aromatic rings. The van der Waals surface area contributed by atoms with E-state index in [1.165, 1.54) is 28.1 Å². The molecule has 0 radical (unpaired) electrons. The van der Waals surface area contributed by atoms with Crippen LogP contribution in [0.2, 0.25) is 0 Å². The number of nitrogens with zero attached hydrogens (tertiary/aromatic N) is 2. The van der Waals surface area contributed by atoms with Crippen LogP contribution in [-0.2, 0) is 153 Å². The average molecular weight is 1910 g/mol. The zero-order valence-corrected chi connectivity index (χ0v) is 77.3. The SMILES string of the molecule is CC(=O)OCC12CC3C(COC(C)=O)(C1)C(OS3(=O)=O)C2C.CC1C2CC3C1OS(=O)(=O)C3(C#N)C2.CC1C2CC3C1OS(=O)(=O)C3C2C.CC1C2CC3C1OS(=O)(=O)C3C2C.CC1C2CC3C1OS(=O)(=O)C3C2C#N.CC1C2CC3C1OS(=O)(=O)C3C2C(F)(F)F.COC(=O)C12CC3CC1C(OS2(=O)=O)C3C.COC(=O)C1C2CC3C(OS(=O)(=O)C31)C2C. The van der Waals surface area contributed by atoms with E-state index >= 15 is 0 Å². The van der Waals surface area contributed by atoms with Crippen LogP contribution < -0.4 is 0 Å². The third-order valence-electron chi connectivity index (χ3n) is 36.1. The minimum Gasteiger partial charge on any atom is -0.469 e. The van der Waals surface area contributed by atoms with E-state index in [4.69, 9.17) is 58.2 Å². The van der Waals surface area contributed by atoms with Crippen molar-refractivity contribution in [3.05, 3.63) is 0 Å². The normalized spacial score (nSPS) is 54.0. The molecule has 8 saturated heterocycles. The first-order valence-electron chi connectivity index (χ1n) is 43.1. The fourth-order valence-corrected chi connectivity index (χ4v) is 47.4. The molecule has 45 atom stereocenters. The highest BCUT2D eigenvalue weighted by Crippen LogP contribution is 2.73. The molecule has 8 heterocycles. The van der Waals surface area contributed by atoms with E-state index in [-0.39, 0.29) is 143 Å². The number of carbonyl (C=O) groups excluding carboxylic acids is 4. The number of nitriles is 2. The number of methoxy groups -OCH3 is 2. The summed E-state index contributed by atoms with van der Waals surface area (Å²) in [5, 5.41) is 14.5. The maximum Gasteiger partial charge on any atom is 0.393 e. The van der Waals surface area contributed by atoms with Crippen LogP contribution in [0.4, 0.5) is 13.2 Å². The molecule has 16 saturated carbocycles. The molecular formula is C79H109F3N2O32S8. The predicted octanol–water partition coefficient (Wildman–Crippen LogP) is 5.81. The van der Waals surface area contributed by atoms with Crippen molar-refractivity contribution in [2.24, 2.45) is 171 Å². The van der Waals surface area contributed by atoms with Crippen LogP contribution >= 0.6 is 0 Å². The Labute approximate surface area is 722 Å². The summed E-state index contributed by atoms with van der Waals surface area (Å²) in [4.78, 5) is 45.8. The number of esters is 4. The lowest BCUT2D eigenvalue weighted by atomic mass is 9.73. The molecule has 24 fully saturated rings. The number of halogens is 3. The van der Waals surface area contributed by atoms with Gasteiger partial charge >= 0.3 is 30.1 Å². The zero-order valence-electron chi connectivity index (χ0n) is 70.7. The van der Waals surface area contributed by atoms with Gasteiger partial charge in [0, 0.05) is 60.7 Å². The summed E-state index contributed by atoms with van der Waals surface area (Å²) in [6.45, 7) is 22.8. The summed E-state index contributed by atoms with van der Waals surface area (Å²) < 4.78 is 285. The van der Waals surface area contributed by atoms with Crippen molar-refractivity contribution >= 4 is 105 Å². The van der Waals surface area contributed by atoms with Gasteiger partial charge in [0.2, 0.25) is 0 Å². The third-order valence-corrected chi connectivity index (χ3v) is 51.1. The van der Waals surface area contributed by atoms with Gasteiger partial charge in [-0.15, -0.1) is 0 Å². The first-order valence-corrected chi connectivity index (χ1v) is 54.7. The van der Waals surface area contributed by atoms with E-state index in [0.717, 1.165) is 38.5 Å². The van der Waals surface area contributed by atoms with Gasteiger partial charge in [-0.05, 0) is 171 Å². The van der Waals surface area contributed by atoms with Crippen LogP contribution in [0.25, 0.3) is 0 Å². The van der Waals surface area contributed by atoms with Crippen molar-refractivity contribution < 1.29 is 152 Å². The zero-order chi connectivity index (χ0) is 90.6. The third kappa shape index (κ3) is 12.9. The topological polar surface area (TPSA) is 500 Å². The highest BCUT2D eigenvalue weighted by atomic mass is 32.3. The van der Waals surface area contributed by atoms with E-state index in [1.807, 2.05) is 40.7 Å². The molecule has 24 rings (SSSR count). The molecule has 34 nitrogen and oxygen atoms in total. The average Bonchev–Trinajstić information content (AvgIpc) is 1.49. The van der Waals surface area contributed by atoms with Crippen molar-refractivity contribution in [1.29, 1.82) is 10.5 Å². The van der Waals surface area contributed by atoms with E-state index in [9.17, 15) is 99.7 Å². The Balaban J connectivity index is 0.000000101. The lowest BCUT2D eigenvalue weighted by Gasteiger charge is -2.35. The van der Waals surface area contributed by atoms with Crippen LogP contribution in [-0.4, -0.2) is 215 Å². The Morgan fingerprint density at radius 2 is 0.831 bits per heavy atom. The Morgan fingerprint density at radius 1 is 0.419 bits per heavy atom. The van der Waals surface area contributed by atoms with Gasteiger partial charge in [-0.3, -0.25) is 52.6 Å². The minimum atomic E-state index is -4.44. The largest absolute Gasteiger partial charge is 0.469 e. The van der Waals surface area contributed by atoms with Gasteiger partial charge in [0.25, 0.3) is 80.9 Å². The fraction of sp³-hybridized carbons (Fsp3) is 0.924. The second-order valence-corrected chi connectivity index (χ2v) is 54.8. The number of hydrogen-bond acceptors (Lipinski definition) is 34. The van der Waals surface area contributed by atoms with Gasteiger partial charge < -0.3 is 18.9 Å². The van der Waals surface area contributed by atoms with Gasteiger partial charge in [-0.1, -0.05) is 69.2 Å². The lowest BCUT2D eigenvalue weighted by molar-refractivity contribution is -0.190. The molecule has 0 amide bonds. The molecule has 0 N–H and O–H groups in total. The Morgan fingerprint density at radius 3 is 1.31 bits per heavy atom. The summed E-state index contributed by atoms with van der Waals surface area (Å²) in [5.41, 5.74) is -1.14. The smallest absolute Gasteiger partial charge is 0.393 e. The van der Waals surface area contributed by atoms with Gasteiger partial charge in [-0.2, -0.15) is 91.0 Å². The molecule has 45 heteroatoms. The number of rotatable bonds is 6. The van der Waals surface area contributed by atoms with E-state index in [0.29, 0.717) is 91.3 Å². The number of alkyl halides is 3. The molecule has 0 spiro atoms. The second kappa shape index (κ2) is 29.7. The lowest BCUT2D eigenvalue weighted by Crippen LogP contribution is -2.48. The van der Waals surface area contributed by atoms with Crippen LogP contribution in [0.1, 0.15) is 154 Å². The highest BCUT2D eigenvalue weighted by Gasteiger charge is 2.81. The summed E-state index contributed by atoms with van der Waals surface area (Å²) in [5.74, 6) is -0.990. The van der Waals surface area contributed by atoms with Crippen molar-refractivity contribution in [1.82, 2.24) is 0 Å². The monoisotopic (exact) mass is 1910 g/mol. The molecule has 124 heavy (non-hydrogen) atoms. The summed E-state index contributed by atoms with van der Waals surface area (Å²) in [6, 6.07) is 4.15. The van der Waals surface area contributed by atoms with Gasteiger partial charge in [0.15, 0.2) is 9.49 Å². The maximum absolute atomic E-state index is 12.9. The van der Waals surface area contributed by atoms with Crippen LogP contribution in [0.5, 0.6) is 0 Å². The standard InChI is InChI=1S/C14H20O7S.2C10H14O5S.C9H11F3O3S.2C9H11NO3S.2C9H14O3S/c1-8-12-14(7-20-10(3)16)5-13(8,6-19-9(2)15)4-11(14)22(17,18)21-12;1-5-6-3-7-8(5)15-16(12,13)10(7,4-6)9(11)14-2;1-4-5-3-6-8(4)15-16(12,13)9(6)7(5)10(11)14-2;1-3-4-2-5-7(3)15-16(13,14)8(5)6(4)9(10,11)12;1-5-6-2-7-8(5)13-14(11,12)9(7,3-6)4-10;1-4-5-2-6-8(4)13-14(11,12)9(6)7(5)3-10;2*1-4-6-3-7-8(4)12-13(10,11)9(7)5(6)2/h8,11-12H,4-7H2,1-3H3;5-8H,3-4H2,1-2H3;4-9H,3H2,1-2H3;3-8H,2H2,1H3;5-8H,2-3H2,1H3;4-9H,2H2,1H3;2*4-9H,3H2,1-2H3. The van der Waals surface area contributed by atoms with Crippen molar-refractivity contribution in [2.75, 3.05) is 27.4 Å². The summed E-state index contributed by atoms with van der Waals surface area (Å²) in [6.07, 6.45) is 1.11. The number of hydrogen-bond donors (Lipinski definition) is 0. The minimum absolute atomic E-state index is 0.00546. The number of carbonyl (C=O) groups is 4. The van der Waals surface area contributed by atoms with Gasteiger partial charge in [0.1, 0.15) is 22.4 Å². The van der Waals surface area contributed by atoms with Crippen LogP contribution in [0, 0.1) is 193 Å². The Bertz CT molecular complexity index is 5450. The highest BCUT2D eigenvalue weighted by molar-refractivity contribution is 7.90. The van der Waals surface area contributed by atoms with Gasteiger partial charge in [0.05, 0.1) is 121 Å². The Kier molecular flexibility index (Phi) is 22.0. The molecule has 696 valence electrons. The molecule has 16 bridgehead atoms. The van der Waals surface area contributed by atoms with Crippen LogP contribution in [0.3, 0.4) is 0 Å². The first kappa shape index (κ1) is 91.8. The molecule has 0 aromatic carbocycles. The molecule has 24 aliphatic rings. The van der Waals surface area contributed by atoms with E-state index < -0.39 is 182 Å². The van der Waals surface area contributed by atoms with Crippen molar-refractivity contribution in [3.8, 4) is 12.1 Å². The van der Waals surface area contributed by atoms with Crippen molar-refractivity contribution in [3.63, 3.8) is 0 Å². The molecular weight excluding hydrogens is 1800 g/mol. The summed E-state index contributed by atoms with van der Waals surface area (Å²) >= 11 is 0. The van der Waals surface area contributed by atoms with Gasteiger partial charge in [-0.25, -0.2) is 0 Å². The molecule has 0 aromatic heterocycles. The van der Waals surface area contributed by atoms with Crippen LogP contribution in [0.15, 0.2) is 0 Å². The second-order valence-electron chi connectivity index (χ2n) is 40.8. The fourth-order valence-electron chi connectivity index (χ4n) is 30.5. The number of ether oxygens (including phenoxy) is 4. The van der Waals surface area contributed by atoms with E-state index in [1.54, 1.807) is 6.92 Å². The first-order chi connectivity index (χ1) is 57.4. The quantitative estimate of drug-likeness (QED) is 0.172. The van der Waals surface area contributed by atoms with Crippen molar-refractivity contribution in [2.45, 2.75) is 250 Å². The maximum atomic E-state index is 12.9. The summed E-state index contributed by atoms with van der Waals surface area (Å²) in [7, 11) is -26.1. The molecule has 8 aliphatic heterocycles.